The van der Waals surface area contributed by atoms with E-state index >= 15 is 0 Å². The summed E-state index contributed by atoms with van der Waals surface area (Å²) in [6, 6.07) is 38.5. The summed E-state index contributed by atoms with van der Waals surface area (Å²) in [6.07, 6.45) is 0. The minimum absolute atomic E-state index is 0.346. The van der Waals surface area contributed by atoms with Crippen LogP contribution in [0.2, 0.25) is 0 Å². The summed E-state index contributed by atoms with van der Waals surface area (Å²) in [5, 5.41) is 4.19. The second-order valence-electron chi connectivity index (χ2n) is 8.49. The third-order valence-electron chi connectivity index (χ3n) is 4.86. The monoisotopic (exact) mass is 627 g/mol. The van der Waals surface area contributed by atoms with Crippen LogP contribution in [0.3, 0.4) is 0 Å². The normalized spacial score (nSPS) is 10.6. The van der Waals surface area contributed by atoms with Crippen molar-refractivity contribution < 1.29 is 15.1 Å². The maximum atomic E-state index is 4.85. The summed E-state index contributed by atoms with van der Waals surface area (Å²) in [5.41, 5.74) is 2.27. The van der Waals surface area contributed by atoms with Gasteiger partial charge in [-0.05, 0) is 64.2 Å². The molecule has 0 bridgehead atoms. The van der Waals surface area contributed by atoms with E-state index in [4.69, 9.17) is 19.4 Å². The van der Waals surface area contributed by atoms with Crippen LogP contribution in [0, 0.1) is 0 Å². The van der Waals surface area contributed by atoms with Crippen molar-refractivity contribution in [2.75, 3.05) is 28.2 Å². The molecule has 0 atom stereocenters. The van der Waals surface area contributed by atoms with Crippen molar-refractivity contribution in [3.63, 3.8) is 0 Å². The van der Waals surface area contributed by atoms with Gasteiger partial charge in [0.1, 0.15) is 0 Å². The van der Waals surface area contributed by atoms with Gasteiger partial charge in [-0.25, -0.2) is 0 Å². The Morgan fingerprint density at radius 2 is 0.861 bits per heavy atom. The Morgan fingerprint density at radius 1 is 0.556 bits per heavy atom. The molecular formula is C29H34Cl2N3PRu. The molecule has 0 aliphatic carbocycles. The average molecular weight is 628 g/mol. The number of hydrogen-bond donors (Lipinski definition) is 0. The molecule has 0 saturated heterocycles. The quantitative estimate of drug-likeness (QED) is 0.185. The minimum Gasteiger partial charge on any atom is -0.0622 e. The topological polar surface area (TPSA) is 19.4 Å². The van der Waals surface area contributed by atoms with Gasteiger partial charge in [0.15, 0.2) is 0 Å². The Bertz CT molecular complexity index is 982. The van der Waals surface area contributed by atoms with Gasteiger partial charge in [0.2, 0.25) is 0 Å². The van der Waals surface area contributed by atoms with Crippen molar-refractivity contribution in [3.05, 3.63) is 121 Å². The van der Waals surface area contributed by atoms with Gasteiger partial charge in [0.25, 0.3) is 0 Å². The zero-order chi connectivity index (χ0) is 26.2. The van der Waals surface area contributed by atoms with E-state index in [1.165, 1.54) is 15.9 Å². The van der Waals surface area contributed by atoms with Crippen LogP contribution in [-0.4, -0.2) is 43.0 Å². The molecule has 0 fully saturated rings. The SMILES string of the molecule is CN(C)Cc1cccc(CN(C)C)n1.[Cl][Ru][Cl].c1ccc(P(c2ccccc2)c2ccccc2)cc1. The molecule has 192 valence electrons. The first-order valence-corrected chi connectivity index (χ1v) is 17.3. The van der Waals surface area contributed by atoms with E-state index in [9.17, 15) is 0 Å². The number of nitrogens with zero attached hydrogens (tertiary/aromatic N) is 3. The Kier molecular flexibility index (Phi) is 15.1. The van der Waals surface area contributed by atoms with Crippen LogP contribution in [0.4, 0.5) is 0 Å². The van der Waals surface area contributed by atoms with Crippen LogP contribution in [0.5, 0.6) is 0 Å². The van der Waals surface area contributed by atoms with Gasteiger partial charge in [-0.15, -0.1) is 0 Å². The van der Waals surface area contributed by atoms with Crippen molar-refractivity contribution in [2.45, 2.75) is 13.1 Å². The molecular weight excluding hydrogens is 593 g/mol. The second kappa shape index (κ2) is 17.8. The smallest absolute Gasteiger partial charge is 0.0134 e. The zero-order valence-electron chi connectivity index (χ0n) is 21.2. The number of aromatic nitrogens is 1. The van der Waals surface area contributed by atoms with Crippen molar-refractivity contribution in [1.29, 1.82) is 0 Å². The number of benzene rings is 3. The van der Waals surface area contributed by atoms with Crippen LogP contribution in [0.1, 0.15) is 11.4 Å². The number of pyridine rings is 1. The van der Waals surface area contributed by atoms with Crippen molar-refractivity contribution in [1.82, 2.24) is 14.8 Å². The molecule has 4 rings (SSSR count). The Labute approximate surface area is 233 Å². The summed E-state index contributed by atoms with van der Waals surface area (Å²) < 4.78 is 0. The average Bonchev–Trinajstić information content (AvgIpc) is 2.87. The van der Waals surface area contributed by atoms with Crippen molar-refractivity contribution >= 4 is 43.2 Å². The summed E-state index contributed by atoms with van der Waals surface area (Å²) in [7, 11) is 17.5. The fraction of sp³-hybridized carbons (Fsp3) is 0.207. The molecule has 0 radical (unpaired) electrons. The number of rotatable bonds is 7. The number of halogens is 2. The van der Waals surface area contributed by atoms with E-state index in [2.05, 4.69) is 152 Å². The second-order valence-corrected chi connectivity index (χ2v) is 13.3. The van der Waals surface area contributed by atoms with E-state index in [1.807, 2.05) is 0 Å². The van der Waals surface area contributed by atoms with Gasteiger partial charge < -0.3 is 9.80 Å². The molecule has 36 heavy (non-hydrogen) atoms. The van der Waals surface area contributed by atoms with Gasteiger partial charge in [-0.1, -0.05) is 97.1 Å². The predicted octanol–water partition coefficient (Wildman–Crippen LogP) is 6.03. The maximum absolute atomic E-state index is 4.85. The van der Waals surface area contributed by atoms with Gasteiger partial charge in [-0.2, -0.15) is 0 Å². The van der Waals surface area contributed by atoms with Crippen LogP contribution in [0.25, 0.3) is 0 Å². The molecule has 7 heteroatoms. The fourth-order valence-corrected chi connectivity index (χ4v) is 5.84. The maximum Gasteiger partial charge on any atom is -0.0134 e. The third kappa shape index (κ3) is 11.6. The summed E-state index contributed by atoms with van der Waals surface area (Å²) in [4.78, 5) is 8.82. The summed E-state index contributed by atoms with van der Waals surface area (Å²) in [6.45, 7) is 1.81. The Hall–Kier alpha value is -1.64. The molecule has 0 aliphatic heterocycles. The van der Waals surface area contributed by atoms with Gasteiger partial charge in [0, 0.05) is 13.1 Å². The van der Waals surface area contributed by atoms with Gasteiger partial charge in [0.05, 0.1) is 11.4 Å². The summed E-state index contributed by atoms with van der Waals surface area (Å²) >= 11 is -0.346. The molecule has 0 unspecified atom stereocenters. The molecule has 0 amide bonds. The standard InChI is InChI=1S/C18H15P.C11H19N3.2ClH.Ru/c1-4-10-16(11-5-1)19(17-12-6-2-7-13-17)18-14-8-3-9-15-18;1-13(2)8-10-6-5-7-11(12-10)9-14(3)4;;;/h1-15H;5-7H,8-9H2,1-4H3;2*1H;/q;;;;+2/p-2. The molecule has 3 aromatic carbocycles. The van der Waals surface area contributed by atoms with E-state index in [-0.39, 0.29) is 15.1 Å². The molecule has 0 aliphatic rings. The molecule has 0 N–H and O–H groups in total. The van der Waals surface area contributed by atoms with E-state index in [0.717, 1.165) is 24.5 Å². The van der Waals surface area contributed by atoms with E-state index in [0.29, 0.717) is 0 Å². The molecule has 1 aromatic heterocycles. The van der Waals surface area contributed by atoms with Gasteiger partial charge >= 0.3 is 34.5 Å². The van der Waals surface area contributed by atoms with Crippen molar-refractivity contribution in [3.8, 4) is 0 Å². The van der Waals surface area contributed by atoms with Crippen LogP contribution in [-0.2, 0) is 28.2 Å². The molecule has 4 aromatic rings. The molecule has 3 nitrogen and oxygen atoms in total. The van der Waals surface area contributed by atoms with Crippen LogP contribution < -0.4 is 15.9 Å². The van der Waals surface area contributed by atoms with E-state index in [1.54, 1.807) is 0 Å². The first-order chi connectivity index (χ1) is 17.4. The third-order valence-corrected chi connectivity index (χ3v) is 7.31. The van der Waals surface area contributed by atoms with E-state index < -0.39 is 7.92 Å². The largest absolute Gasteiger partial charge is 0.0622 e. The predicted molar refractivity (Wildman–Crippen MR) is 156 cm³/mol. The van der Waals surface area contributed by atoms with Gasteiger partial charge in [-0.3, -0.25) is 4.98 Å². The van der Waals surface area contributed by atoms with Crippen LogP contribution >= 0.6 is 27.3 Å². The minimum atomic E-state index is -0.446. The first-order valence-electron chi connectivity index (χ1n) is 11.5. The van der Waals surface area contributed by atoms with Crippen molar-refractivity contribution in [2.24, 2.45) is 0 Å². The molecule has 1 heterocycles. The molecule has 0 spiro atoms. The number of hydrogen-bond acceptors (Lipinski definition) is 3. The fourth-order valence-electron chi connectivity index (χ4n) is 3.53. The summed E-state index contributed by atoms with van der Waals surface area (Å²) in [5.74, 6) is 0. The first kappa shape index (κ1) is 30.6. The zero-order valence-corrected chi connectivity index (χ0v) is 25.3. The van der Waals surface area contributed by atoms with Crippen LogP contribution in [0.15, 0.2) is 109 Å². The Balaban J connectivity index is 0.000000238. The Morgan fingerprint density at radius 3 is 1.14 bits per heavy atom. The molecule has 0 saturated carbocycles.